The Hall–Kier alpha value is -1.93. The number of hydrogen-bond donors (Lipinski definition) is 2. The largest absolute Gasteiger partial charge is 0.357 e. The van der Waals surface area contributed by atoms with Crippen molar-refractivity contribution < 1.29 is 9.59 Å². The first-order chi connectivity index (χ1) is 11.3. The minimum atomic E-state index is -0.332. The first-order valence-corrected chi connectivity index (χ1v) is 9.14. The number of nitrogens with zero attached hydrogens (tertiary/aromatic N) is 2. The summed E-state index contributed by atoms with van der Waals surface area (Å²) in [5, 5.41) is 11.5. The molecule has 0 aliphatic carbocycles. The molecular weight excluding hydrogens is 344 g/mol. The molecule has 2 aromatic heterocycles. The number of aromatic nitrogens is 3. The summed E-state index contributed by atoms with van der Waals surface area (Å²) in [6, 6.07) is 0. The van der Waals surface area contributed by atoms with Crippen LogP contribution in [-0.4, -0.2) is 38.5 Å². The number of aryl methyl sites for hydroxylation is 1. The fourth-order valence-corrected chi connectivity index (χ4v) is 4.38. The van der Waals surface area contributed by atoms with Crippen LogP contribution in [0.1, 0.15) is 46.0 Å². The van der Waals surface area contributed by atoms with Gasteiger partial charge < -0.3 is 10.3 Å². The monoisotopic (exact) mass is 364 g/mol. The lowest BCUT2D eigenvalue weighted by atomic mass is 10.0. The maximum absolute atomic E-state index is 12.7. The first-order valence-electron chi connectivity index (χ1n) is 7.44. The van der Waals surface area contributed by atoms with Crippen molar-refractivity contribution in [2.45, 2.75) is 37.3 Å². The molecule has 2 rings (SSSR count). The number of anilines is 1. The van der Waals surface area contributed by atoms with Crippen molar-refractivity contribution in [1.29, 1.82) is 0 Å². The van der Waals surface area contributed by atoms with Crippen molar-refractivity contribution in [3.05, 3.63) is 35.2 Å². The molecule has 1 atom stereocenters. The van der Waals surface area contributed by atoms with E-state index in [0.29, 0.717) is 28.5 Å². The van der Waals surface area contributed by atoms with Crippen molar-refractivity contribution in [3.63, 3.8) is 0 Å². The van der Waals surface area contributed by atoms with Gasteiger partial charge in [-0.25, -0.2) is 0 Å². The van der Waals surface area contributed by atoms with E-state index in [1.54, 1.807) is 19.9 Å². The van der Waals surface area contributed by atoms with Crippen LogP contribution in [0.2, 0.25) is 0 Å². The predicted molar refractivity (Wildman–Crippen MR) is 98.5 cm³/mol. The molecule has 0 radical (unpaired) electrons. The van der Waals surface area contributed by atoms with Crippen molar-refractivity contribution in [1.82, 2.24) is 15.2 Å². The maximum Gasteiger partial charge on any atom is 0.206 e. The number of carbonyl (C=O) groups is 2. The highest BCUT2D eigenvalue weighted by molar-refractivity contribution is 8.02. The van der Waals surface area contributed by atoms with Gasteiger partial charge in [-0.1, -0.05) is 29.2 Å². The van der Waals surface area contributed by atoms with E-state index < -0.39 is 0 Å². The summed E-state index contributed by atoms with van der Waals surface area (Å²) in [5.74, 6) is -0.0911. The molecule has 2 heterocycles. The molecule has 0 amide bonds. The summed E-state index contributed by atoms with van der Waals surface area (Å²) >= 11 is 2.75. The van der Waals surface area contributed by atoms with Crippen LogP contribution in [-0.2, 0) is 0 Å². The van der Waals surface area contributed by atoms with Crippen molar-refractivity contribution >= 4 is 39.8 Å². The van der Waals surface area contributed by atoms with Crippen LogP contribution in [0.5, 0.6) is 0 Å². The van der Waals surface area contributed by atoms with Gasteiger partial charge in [0.15, 0.2) is 15.9 Å². The topological polar surface area (TPSA) is 87.7 Å². The third-order valence-corrected chi connectivity index (χ3v) is 5.55. The minimum absolute atomic E-state index is 0.0392. The Morgan fingerprint density at radius 2 is 2.12 bits per heavy atom. The standard InChI is InChI=1S/C16H20N4O2S2/c1-6-7-17-15-19-20-16(24-15)23-11(5)14(22)13-8(2)12(10(4)21)9(3)18-13/h6,11,18H,1,7H2,2-5H3,(H,17,19)/t11-/m0/s1. The molecule has 0 aromatic carbocycles. The van der Waals surface area contributed by atoms with E-state index in [9.17, 15) is 9.59 Å². The third-order valence-electron chi connectivity index (χ3n) is 3.49. The van der Waals surface area contributed by atoms with Gasteiger partial charge in [-0.3, -0.25) is 9.59 Å². The van der Waals surface area contributed by atoms with Gasteiger partial charge in [-0.15, -0.1) is 16.8 Å². The van der Waals surface area contributed by atoms with Gasteiger partial charge in [-0.05, 0) is 33.3 Å². The Balaban J connectivity index is 2.12. The van der Waals surface area contributed by atoms with E-state index >= 15 is 0 Å². The second-order valence-corrected chi connectivity index (χ2v) is 7.91. The fourth-order valence-electron chi connectivity index (χ4n) is 2.42. The molecule has 128 valence electrons. The average molecular weight is 364 g/mol. The number of rotatable bonds is 8. The van der Waals surface area contributed by atoms with E-state index in [2.05, 4.69) is 27.1 Å². The zero-order chi connectivity index (χ0) is 17.9. The molecule has 0 fully saturated rings. The number of aromatic amines is 1. The number of H-pyrrole nitrogens is 1. The molecule has 0 saturated carbocycles. The lowest BCUT2D eigenvalue weighted by molar-refractivity contribution is 0.0988. The van der Waals surface area contributed by atoms with Crippen LogP contribution in [0.4, 0.5) is 5.13 Å². The highest BCUT2D eigenvalue weighted by Crippen LogP contribution is 2.31. The van der Waals surface area contributed by atoms with E-state index in [0.717, 1.165) is 10.0 Å². The molecule has 0 unspecified atom stereocenters. The normalized spacial score (nSPS) is 12.0. The van der Waals surface area contributed by atoms with E-state index in [-0.39, 0.29) is 16.8 Å². The van der Waals surface area contributed by atoms with Gasteiger partial charge in [0.25, 0.3) is 0 Å². The van der Waals surface area contributed by atoms with Crippen LogP contribution in [0, 0.1) is 13.8 Å². The molecular formula is C16H20N4O2S2. The van der Waals surface area contributed by atoms with Gasteiger partial charge in [0.2, 0.25) is 5.13 Å². The second kappa shape index (κ2) is 7.76. The van der Waals surface area contributed by atoms with Gasteiger partial charge in [0.05, 0.1) is 10.9 Å². The van der Waals surface area contributed by atoms with Crippen LogP contribution in [0.3, 0.4) is 0 Å². The number of ketones is 2. The molecule has 24 heavy (non-hydrogen) atoms. The smallest absolute Gasteiger partial charge is 0.206 e. The van der Waals surface area contributed by atoms with Crippen molar-refractivity contribution in [3.8, 4) is 0 Å². The lowest BCUT2D eigenvalue weighted by Crippen LogP contribution is -2.15. The Kier molecular flexibility index (Phi) is 5.95. The summed E-state index contributed by atoms with van der Waals surface area (Å²) in [5.41, 5.74) is 2.53. The Labute approximate surface area is 149 Å². The molecule has 0 aliphatic rings. The fraction of sp³-hybridized carbons (Fsp3) is 0.375. The quantitative estimate of drug-likeness (QED) is 0.422. The number of nitrogens with one attached hydrogen (secondary N) is 2. The molecule has 0 aliphatic heterocycles. The molecule has 8 heteroatoms. The van der Waals surface area contributed by atoms with Gasteiger partial charge in [-0.2, -0.15) is 0 Å². The summed E-state index contributed by atoms with van der Waals surface area (Å²) in [6.45, 7) is 11.2. The summed E-state index contributed by atoms with van der Waals surface area (Å²) < 4.78 is 0.718. The number of Topliss-reactive ketones (excluding diaryl/α,β-unsaturated/α-hetero) is 2. The van der Waals surface area contributed by atoms with E-state index in [4.69, 9.17) is 0 Å². The van der Waals surface area contributed by atoms with Crippen LogP contribution in [0.25, 0.3) is 0 Å². The first kappa shape index (κ1) is 18.4. The van der Waals surface area contributed by atoms with Crippen molar-refractivity contribution in [2.24, 2.45) is 0 Å². The van der Waals surface area contributed by atoms with E-state index in [1.807, 2.05) is 6.92 Å². The average Bonchev–Trinajstić information content (AvgIpc) is 3.08. The van der Waals surface area contributed by atoms with Gasteiger partial charge in [0.1, 0.15) is 0 Å². The van der Waals surface area contributed by atoms with Crippen molar-refractivity contribution in [2.75, 3.05) is 11.9 Å². The maximum atomic E-state index is 12.7. The van der Waals surface area contributed by atoms with Gasteiger partial charge >= 0.3 is 0 Å². The molecule has 2 aromatic rings. The molecule has 0 saturated heterocycles. The molecule has 6 nitrogen and oxygen atoms in total. The number of carbonyl (C=O) groups excluding carboxylic acids is 2. The Morgan fingerprint density at radius 1 is 1.42 bits per heavy atom. The number of hydrogen-bond acceptors (Lipinski definition) is 7. The Morgan fingerprint density at radius 3 is 2.71 bits per heavy atom. The SMILES string of the molecule is C=CCNc1nnc(S[C@@H](C)C(=O)c2[nH]c(C)c(C(C)=O)c2C)s1. The van der Waals surface area contributed by atoms with Gasteiger partial charge in [0, 0.05) is 17.8 Å². The highest BCUT2D eigenvalue weighted by Gasteiger charge is 2.25. The summed E-state index contributed by atoms with van der Waals surface area (Å²) in [7, 11) is 0. The van der Waals surface area contributed by atoms with Crippen LogP contribution < -0.4 is 5.32 Å². The zero-order valence-electron chi connectivity index (χ0n) is 14.1. The van der Waals surface area contributed by atoms with E-state index in [1.165, 1.54) is 30.0 Å². The highest BCUT2D eigenvalue weighted by atomic mass is 32.2. The van der Waals surface area contributed by atoms with Crippen LogP contribution >= 0.6 is 23.1 Å². The molecule has 2 N–H and O–H groups in total. The van der Waals surface area contributed by atoms with Crippen LogP contribution in [0.15, 0.2) is 17.0 Å². The third kappa shape index (κ3) is 3.93. The zero-order valence-corrected chi connectivity index (χ0v) is 15.7. The minimum Gasteiger partial charge on any atom is -0.357 e. The molecule has 0 bridgehead atoms. The second-order valence-electron chi connectivity index (χ2n) is 5.35. The number of thioether (sulfide) groups is 1. The lowest BCUT2D eigenvalue weighted by Gasteiger charge is -2.07. The summed E-state index contributed by atoms with van der Waals surface area (Å²) in [4.78, 5) is 27.5. The summed E-state index contributed by atoms with van der Waals surface area (Å²) in [6.07, 6.45) is 1.74. The Bertz CT molecular complexity index is 779. The predicted octanol–water partition coefficient (Wildman–Crippen LogP) is 3.65. The molecule has 0 spiro atoms.